The summed E-state index contributed by atoms with van der Waals surface area (Å²) in [5, 5.41) is 4.01. The van der Waals surface area contributed by atoms with Crippen molar-refractivity contribution < 1.29 is 4.52 Å². The van der Waals surface area contributed by atoms with Gasteiger partial charge in [-0.1, -0.05) is 32.3 Å². The van der Waals surface area contributed by atoms with Gasteiger partial charge in [0.1, 0.15) is 0 Å². The van der Waals surface area contributed by atoms with Gasteiger partial charge in [-0.25, -0.2) is 0 Å². The number of hydrogen-bond acceptors (Lipinski definition) is 5. The molecule has 1 aromatic rings. The summed E-state index contributed by atoms with van der Waals surface area (Å²) in [5.74, 6) is 1.31. The van der Waals surface area contributed by atoms with Gasteiger partial charge in [0.05, 0.1) is 5.54 Å². The van der Waals surface area contributed by atoms with Crippen LogP contribution in [0, 0.1) is 0 Å². The Morgan fingerprint density at radius 2 is 1.94 bits per heavy atom. The highest BCUT2D eigenvalue weighted by Crippen LogP contribution is 2.21. The van der Waals surface area contributed by atoms with Crippen LogP contribution >= 0.6 is 0 Å². The highest BCUT2D eigenvalue weighted by molar-refractivity contribution is 4.99. The molecule has 1 aromatic heterocycles. The summed E-state index contributed by atoms with van der Waals surface area (Å²) < 4.78 is 5.28. The lowest BCUT2D eigenvalue weighted by molar-refractivity contribution is 0.279. The molecule has 104 valence electrons. The van der Waals surface area contributed by atoms with E-state index in [9.17, 15) is 0 Å². The largest absolute Gasteiger partial charge is 0.337 e. The van der Waals surface area contributed by atoms with Crippen molar-refractivity contribution in [1.82, 2.24) is 15.0 Å². The number of aromatic nitrogens is 2. The molecule has 0 bridgehead atoms. The van der Waals surface area contributed by atoms with E-state index >= 15 is 0 Å². The van der Waals surface area contributed by atoms with Gasteiger partial charge in [-0.15, -0.1) is 0 Å². The maximum Gasteiger partial charge on any atom is 0.246 e. The zero-order chi connectivity index (χ0) is 13.6. The van der Waals surface area contributed by atoms with Gasteiger partial charge < -0.3 is 15.2 Å². The Morgan fingerprint density at radius 1 is 1.28 bits per heavy atom. The standard InChI is InChI=1S/C13H26N4O/c1-5-9-13(4,14)12-15-11(16-18-12)8-10-17(6-2)7-3/h5-10,14H2,1-4H3. The lowest BCUT2D eigenvalue weighted by Gasteiger charge is -2.18. The van der Waals surface area contributed by atoms with Crippen LogP contribution in [0.4, 0.5) is 0 Å². The predicted octanol–water partition coefficient (Wildman–Crippen LogP) is 1.93. The highest BCUT2D eigenvalue weighted by atomic mass is 16.5. The van der Waals surface area contributed by atoms with Crippen LogP contribution in [0.5, 0.6) is 0 Å². The molecule has 5 nitrogen and oxygen atoms in total. The second-order valence-electron chi connectivity index (χ2n) is 4.96. The first-order chi connectivity index (χ1) is 8.53. The lowest BCUT2D eigenvalue weighted by atomic mass is 9.98. The molecule has 2 N–H and O–H groups in total. The monoisotopic (exact) mass is 254 g/mol. The van der Waals surface area contributed by atoms with E-state index in [0.717, 1.165) is 44.7 Å². The highest BCUT2D eigenvalue weighted by Gasteiger charge is 2.27. The van der Waals surface area contributed by atoms with E-state index in [4.69, 9.17) is 10.3 Å². The van der Waals surface area contributed by atoms with Crippen LogP contribution in [-0.2, 0) is 12.0 Å². The van der Waals surface area contributed by atoms with E-state index in [0.29, 0.717) is 5.89 Å². The van der Waals surface area contributed by atoms with Crippen molar-refractivity contribution in [2.75, 3.05) is 19.6 Å². The third kappa shape index (κ3) is 4.07. The maximum absolute atomic E-state index is 6.16. The van der Waals surface area contributed by atoms with Crippen LogP contribution in [-0.4, -0.2) is 34.7 Å². The fourth-order valence-electron chi connectivity index (χ4n) is 2.01. The van der Waals surface area contributed by atoms with Crippen molar-refractivity contribution in [2.45, 2.75) is 52.5 Å². The van der Waals surface area contributed by atoms with E-state index in [-0.39, 0.29) is 0 Å². The Balaban J connectivity index is 2.58. The van der Waals surface area contributed by atoms with E-state index in [1.165, 1.54) is 0 Å². The average Bonchev–Trinajstić information content (AvgIpc) is 2.80. The van der Waals surface area contributed by atoms with Crippen molar-refractivity contribution >= 4 is 0 Å². The summed E-state index contributed by atoms with van der Waals surface area (Å²) in [6.45, 7) is 11.4. The molecule has 5 heteroatoms. The third-order valence-electron chi connectivity index (χ3n) is 3.27. The Hall–Kier alpha value is -0.940. The molecule has 1 unspecified atom stereocenters. The van der Waals surface area contributed by atoms with Gasteiger partial charge >= 0.3 is 0 Å². The second kappa shape index (κ2) is 6.85. The summed E-state index contributed by atoms with van der Waals surface area (Å²) in [7, 11) is 0. The third-order valence-corrected chi connectivity index (χ3v) is 3.27. The normalized spacial score (nSPS) is 15.0. The minimum absolute atomic E-state index is 0.505. The van der Waals surface area contributed by atoms with Gasteiger partial charge in [-0.3, -0.25) is 0 Å². The molecule has 1 atom stereocenters. The number of nitrogens with two attached hydrogens (primary N) is 1. The molecule has 1 rings (SSSR count). The summed E-state index contributed by atoms with van der Waals surface area (Å²) in [6.07, 6.45) is 2.67. The van der Waals surface area contributed by atoms with Crippen molar-refractivity contribution in [3.8, 4) is 0 Å². The minimum Gasteiger partial charge on any atom is -0.337 e. The topological polar surface area (TPSA) is 68.2 Å². The molecule has 0 fully saturated rings. The maximum atomic E-state index is 6.16. The van der Waals surface area contributed by atoms with E-state index in [1.54, 1.807) is 0 Å². The van der Waals surface area contributed by atoms with Gasteiger partial charge in [-0.05, 0) is 26.4 Å². The van der Waals surface area contributed by atoms with Crippen molar-refractivity contribution in [1.29, 1.82) is 0 Å². The average molecular weight is 254 g/mol. The number of likely N-dealkylation sites (N-methyl/N-ethyl adjacent to an activating group) is 1. The smallest absolute Gasteiger partial charge is 0.246 e. The minimum atomic E-state index is -0.505. The molecule has 18 heavy (non-hydrogen) atoms. The zero-order valence-electron chi connectivity index (χ0n) is 12.1. The molecule has 1 heterocycles. The SMILES string of the molecule is CCCC(C)(N)c1nc(CCN(CC)CC)no1. The van der Waals surface area contributed by atoms with Crippen molar-refractivity contribution in [3.63, 3.8) is 0 Å². The predicted molar refractivity (Wildman–Crippen MR) is 72.2 cm³/mol. The van der Waals surface area contributed by atoms with Crippen LogP contribution in [0.25, 0.3) is 0 Å². The lowest BCUT2D eigenvalue weighted by Crippen LogP contribution is -2.33. The van der Waals surface area contributed by atoms with Crippen LogP contribution in [0.15, 0.2) is 4.52 Å². The number of rotatable bonds is 8. The second-order valence-corrected chi connectivity index (χ2v) is 4.96. The van der Waals surface area contributed by atoms with Crippen LogP contribution < -0.4 is 5.73 Å². The van der Waals surface area contributed by atoms with Crippen LogP contribution in [0.3, 0.4) is 0 Å². The first-order valence-corrected chi connectivity index (χ1v) is 6.87. The Bertz CT molecular complexity index is 345. The van der Waals surface area contributed by atoms with Gasteiger partial charge in [0, 0.05) is 13.0 Å². The van der Waals surface area contributed by atoms with E-state index in [1.807, 2.05) is 6.92 Å². The summed E-state index contributed by atoms with van der Waals surface area (Å²) in [6, 6.07) is 0. The van der Waals surface area contributed by atoms with Gasteiger partial charge in [0.25, 0.3) is 0 Å². The fraction of sp³-hybridized carbons (Fsp3) is 0.846. The molecule has 0 radical (unpaired) electrons. The molecular formula is C13H26N4O. The van der Waals surface area contributed by atoms with Crippen LogP contribution in [0.2, 0.25) is 0 Å². The molecule has 0 aliphatic heterocycles. The molecule has 0 aromatic carbocycles. The molecular weight excluding hydrogens is 228 g/mol. The van der Waals surface area contributed by atoms with Crippen molar-refractivity contribution in [2.24, 2.45) is 5.73 Å². The van der Waals surface area contributed by atoms with Crippen LogP contribution in [0.1, 0.15) is 52.3 Å². The molecule has 0 saturated carbocycles. The van der Waals surface area contributed by atoms with Gasteiger partial charge in [0.2, 0.25) is 5.89 Å². The molecule has 0 spiro atoms. The molecule has 0 saturated heterocycles. The van der Waals surface area contributed by atoms with Crippen molar-refractivity contribution in [3.05, 3.63) is 11.7 Å². The fourth-order valence-corrected chi connectivity index (χ4v) is 2.01. The summed E-state index contributed by atoms with van der Waals surface area (Å²) >= 11 is 0. The quantitative estimate of drug-likeness (QED) is 0.767. The van der Waals surface area contributed by atoms with E-state index < -0.39 is 5.54 Å². The number of hydrogen-bond donors (Lipinski definition) is 1. The molecule has 0 aliphatic carbocycles. The zero-order valence-corrected chi connectivity index (χ0v) is 12.1. The Labute approximate surface area is 110 Å². The molecule has 0 aliphatic rings. The van der Waals surface area contributed by atoms with Gasteiger partial charge in [-0.2, -0.15) is 4.98 Å². The van der Waals surface area contributed by atoms with Gasteiger partial charge in [0.15, 0.2) is 5.82 Å². The molecule has 0 amide bonds. The first-order valence-electron chi connectivity index (χ1n) is 6.87. The first kappa shape index (κ1) is 15.1. The summed E-state index contributed by atoms with van der Waals surface area (Å²) in [4.78, 5) is 6.75. The Morgan fingerprint density at radius 3 is 2.50 bits per heavy atom. The Kier molecular flexibility index (Phi) is 5.75. The van der Waals surface area contributed by atoms with E-state index in [2.05, 4.69) is 35.8 Å². The number of nitrogens with zero attached hydrogens (tertiary/aromatic N) is 3. The summed E-state index contributed by atoms with van der Waals surface area (Å²) in [5.41, 5.74) is 5.66.